The Labute approximate surface area is 106 Å². The summed E-state index contributed by atoms with van der Waals surface area (Å²) in [5, 5.41) is 2.65. The molecule has 2 amide bonds. The molecule has 4 nitrogen and oxygen atoms in total. The van der Waals surface area contributed by atoms with Crippen LogP contribution in [0.3, 0.4) is 0 Å². The highest BCUT2D eigenvalue weighted by Gasteiger charge is 2.25. The van der Waals surface area contributed by atoms with Crippen LogP contribution in [-0.4, -0.2) is 36.3 Å². The number of amides is 2. The van der Waals surface area contributed by atoms with Crippen LogP contribution in [0.15, 0.2) is 6.07 Å². The van der Waals surface area contributed by atoms with Gasteiger partial charge in [-0.2, -0.15) is 0 Å². The van der Waals surface area contributed by atoms with Crippen LogP contribution in [0.2, 0.25) is 8.67 Å². The number of carbonyl (C=O) groups is 2. The van der Waals surface area contributed by atoms with Gasteiger partial charge in [0.25, 0.3) is 5.91 Å². The second-order valence-corrected chi connectivity index (χ2v) is 5.60. The van der Waals surface area contributed by atoms with Gasteiger partial charge in [-0.15, -0.1) is 11.3 Å². The van der Waals surface area contributed by atoms with E-state index >= 15 is 0 Å². The summed E-state index contributed by atoms with van der Waals surface area (Å²) < 4.78 is 0.829. The predicted molar refractivity (Wildman–Crippen MR) is 63.3 cm³/mol. The molecule has 1 aromatic rings. The first kappa shape index (κ1) is 11.7. The molecular formula is C9H8Cl2N2O2S. The predicted octanol–water partition coefficient (Wildman–Crippen LogP) is 1.63. The standard InChI is InChI=1S/C9H8Cl2N2O2S/c10-6-3-5(8(11)16-6)9(15)13-2-1-12-7(14)4-13/h3H,1-2,4H2,(H,12,14). The zero-order chi connectivity index (χ0) is 11.7. The quantitative estimate of drug-likeness (QED) is 0.849. The lowest BCUT2D eigenvalue weighted by Gasteiger charge is -2.26. The Morgan fingerprint density at radius 2 is 2.25 bits per heavy atom. The Balaban J connectivity index is 2.18. The first-order valence-corrected chi connectivity index (χ1v) is 6.16. The van der Waals surface area contributed by atoms with Crippen LogP contribution in [0.1, 0.15) is 10.4 Å². The lowest BCUT2D eigenvalue weighted by atomic mass is 10.2. The van der Waals surface area contributed by atoms with Crippen molar-refractivity contribution in [3.8, 4) is 0 Å². The normalized spacial score (nSPS) is 16.1. The maximum Gasteiger partial charge on any atom is 0.256 e. The van der Waals surface area contributed by atoms with E-state index in [0.29, 0.717) is 27.3 Å². The van der Waals surface area contributed by atoms with Crippen LogP contribution in [0.25, 0.3) is 0 Å². The number of carbonyl (C=O) groups excluding carboxylic acids is 2. The second-order valence-electron chi connectivity index (χ2n) is 3.31. The van der Waals surface area contributed by atoms with Gasteiger partial charge in [0, 0.05) is 13.1 Å². The summed E-state index contributed by atoms with van der Waals surface area (Å²) in [6.07, 6.45) is 0. The number of halogens is 2. The third-order valence-corrected chi connectivity index (χ3v) is 3.70. The van der Waals surface area contributed by atoms with Gasteiger partial charge in [-0.1, -0.05) is 23.2 Å². The Kier molecular flexibility index (Phi) is 3.37. The van der Waals surface area contributed by atoms with Crippen LogP contribution in [0.5, 0.6) is 0 Å². The molecule has 0 spiro atoms. The summed E-state index contributed by atoms with van der Waals surface area (Å²) in [7, 11) is 0. The first-order valence-electron chi connectivity index (χ1n) is 4.58. The molecule has 16 heavy (non-hydrogen) atoms. The van der Waals surface area contributed by atoms with E-state index in [1.165, 1.54) is 11.0 Å². The maximum atomic E-state index is 12.0. The molecule has 0 unspecified atom stereocenters. The molecule has 2 heterocycles. The van der Waals surface area contributed by atoms with Crippen LogP contribution < -0.4 is 5.32 Å². The Bertz CT molecular complexity index is 447. The van der Waals surface area contributed by atoms with E-state index in [0.717, 1.165) is 11.3 Å². The SMILES string of the molecule is O=C1CN(C(=O)c2cc(Cl)sc2Cl)CCN1. The maximum absolute atomic E-state index is 12.0. The van der Waals surface area contributed by atoms with Crippen molar-refractivity contribution in [3.63, 3.8) is 0 Å². The van der Waals surface area contributed by atoms with Crippen molar-refractivity contribution in [2.24, 2.45) is 0 Å². The molecule has 0 atom stereocenters. The second kappa shape index (κ2) is 4.61. The molecule has 7 heteroatoms. The fraction of sp³-hybridized carbons (Fsp3) is 0.333. The zero-order valence-electron chi connectivity index (χ0n) is 8.13. The number of rotatable bonds is 1. The van der Waals surface area contributed by atoms with E-state index < -0.39 is 0 Å². The molecule has 1 aliphatic rings. The van der Waals surface area contributed by atoms with Crippen LogP contribution >= 0.6 is 34.5 Å². The van der Waals surface area contributed by atoms with Crippen molar-refractivity contribution in [1.29, 1.82) is 0 Å². The molecule has 0 saturated carbocycles. The number of hydrogen-bond acceptors (Lipinski definition) is 3. The van der Waals surface area contributed by atoms with Gasteiger partial charge in [0.15, 0.2) is 0 Å². The molecule has 0 aliphatic carbocycles. The molecule has 1 aliphatic heterocycles. The molecular weight excluding hydrogens is 271 g/mol. The van der Waals surface area contributed by atoms with Crippen molar-refractivity contribution >= 4 is 46.4 Å². The van der Waals surface area contributed by atoms with Gasteiger partial charge >= 0.3 is 0 Å². The summed E-state index contributed by atoms with van der Waals surface area (Å²) in [5.41, 5.74) is 0.367. The van der Waals surface area contributed by atoms with Gasteiger partial charge in [-0.3, -0.25) is 9.59 Å². The van der Waals surface area contributed by atoms with E-state index in [4.69, 9.17) is 23.2 Å². The molecule has 0 aromatic carbocycles. The largest absolute Gasteiger partial charge is 0.353 e. The summed E-state index contributed by atoms with van der Waals surface area (Å²) in [6, 6.07) is 1.53. The van der Waals surface area contributed by atoms with E-state index in [1.54, 1.807) is 0 Å². The highest BCUT2D eigenvalue weighted by molar-refractivity contribution is 7.20. The smallest absolute Gasteiger partial charge is 0.256 e. The minimum Gasteiger partial charge on any atom is -0.353 e. The Morgan fingerprint density at radius 3 is 2.81 bits per heavy atom. The van der Waals surface area contributed by atoms with E-state index in [1.807, 2.05) is 0 Å². The molecule has 0 bridgehead atoms. The molecule has 1 aromatic heterocycles. The fourth-order valence-electron chi connectivity index (χ4n) is 1.47. The van der Waals surface area contributed by atoms with Gasteiger partial charge in [0.1, 0.15) is 4.34 Å². The Hall–Kier alpha value is -0.780. The van der Waals surface area contributed by atoms with E-state index in [-0.39, 0.29) is 18.4 Å². The lowest BCUT2D eigenvalue weighted by Crippen LogP contribution is -2.49. The third-order valence-electron chi connectivity index (χ3n) is 2.21. The number of piperazine rings is 1. The van der Waals surface area contributed by atoms with Gasteiger partial charge in [-0.05, 0) is 6.07 Å². The number of thiophene rings is 1. The average molecular weight is 279 g/mol. The Morgan fingerprint density at radius 1 is 1.50 bits per heavy atom. The summed E-state index contributed by atoms with van der Waals surface area (Å²) >= 11 is 12.8. The van der Waals surface area contributed by atoms with Gasteiger partial charge in [0.2, 0.25) is 5.91 Å². The van der Waals surface area contributed by atoms with Gasteiger partial charge < -0.3 is 10.2 Å². The van der Waals surface area contributed by atoms with Crippen molar-refractivity contribution in [3.05, 3.63) is 20.3 Å². The van der Waals surface area contributed by atoms with Crippen LogP contribution in [0, 0.1) is 0 Å². The fourth-order valence-corrected chi connectivity index (χ4v) is 2.92. The van der Waals surface area contributed by atoms with Crippen molar-refractivity contribution < 1.29 is 9.59 Å². The molecule has 1 N–H and O–H groups in total. The first-order chi connectivity index (χ1) is 7.58. The number of nitrogens with zero attached hydrogens (tertiary/aromatic N) is 1. The molecule has 1 fully saturated rings. The van der Waals surface area contributed by atoms with Gasteiger partial charge in [-0.25, -0.2) is 0 Å². The number of hydrogen-bond donors (Lipinski definition) is 1. The summed E-state index contributed by atoms with van der Waals surface area (Å²) in [4.78, 5) is 24.6. The van der Waals surface area contributed by atoms with E-state index in [2.05, 4.69) is 5.32 Å². The average Bonchev–Trinajstić information content (AvgIpc) is 2.57. The zero-order valence-corrected chi connectivity index (χ0v) is 10.5. The molecule has 1 saturated heterocycles. The van der Waals surface area contributed by atoms with Crippen LogP contribution in [-0.2, 0) is 4.79 Å². The minimum atomic E-state index is -0.247. The van der Waals surface area contributed by atoms with Crippen molar-refractivity contribution in [2.75, 3.05) is 19.6 Å². The van der Waals surface area contributed by atoms with Crippen LogP contribution in [0.4, 0.5) is 0 Å². The summed E-state index contributed by atoms with van der Waals surface area (Å²) in [5.74, 6) is -0.403. The molecule has 86 valence electrons. The molecule has 2 rings (SSSR count). The lowest BCUT2D eigenvalue weighted by molar-refractivity contribution is -0.123. The highest BCUT2D eigenvalue weighted by Crippen LogP contribution is 2.31. The highest BCUT2D eigenvalue weighted by atomic mass is 35.5. The third kappa shape index (κ3) is 2.31. The topological polar surface area (TPSA) is 49.4 Å². The van der Waals surface area contributed by atoms with Crippen molar-refractivity contribution in [2.45, 2.75) is 0 Å². The monoisotopic (exact) mass is 278 g/mol. The minimum absolute atomic E-state index is 0.0721. The number of nitrogens with one attached hydrogen (secondary N) is 1. The van der Waals surface area contributed by atoms with E-state index in [9.17, 15) is 9.59 Å². The van der Waals surface area contributed by atoms with Gasteiger partial charge in [0.05, 0.1) is 16.4 Å². The molecule has 0 radical (unpaired) electrons. The van der Waals surface area contributed by atoms with Crippen molar-refractivity contribution in [1.82, 2.24) is 10.2 Å². The summed E-state index contributed by atoms with van der Waals surface area (Å²) in [6.45, 7) is 1.04.